The van der Waals surface area contributed by atoms with Crippen LogP contribution in [0.5, 0.6) is 0 Å². The highest BCUT2D eigenvalue weighted by Crippen LogP contribution is 2.73. The van der Waals surface area contributed by atoms with Crippen LogP contribution in [-0.4, -0.2) is 17.9 Å². The van der Waals surface area contributed by atoms with Crippen LogP contribution >= 0.6 is 0 Å². The van der Waals surface area contributed by atoms with Crippen LogP contribution < -0.4 is 0 Å². The van der Waals surface area contributed by atoms with Crippen LogP contribution in [0.4, 0.5) is 0 Å². The number of fused-ring (bicyclic) bond motifs is 7. The van der Waals surface area contributed by atoms with E-state index in [9.17, 15) is 9.59 Å². The fraction of sp³-hybridized carbons (Fsp3) is 0.931. The molecule has 0 aromatic carbocycles. The minimum absolute atomic E-state index is 0.0234. The van der Waals surface area contributed by atoms with Gasteiger partial charge in [-0.25, -0.2) is 0 Å². The average Bonchev–Trinajstić information content (AvgIpc) is 3.15. The lowest BCUT2D eigenvalue weighted by atomic mass is 9.36. The number of ketones is 1. The number of carbonyl (C=O) groups excluding carboxylic acids is 2. The molecule has 0 aromatic rings. The maximum absolute atomic E-state index is 12.8. The van der Waals surface area contributed by atoms with Gasteiger partial charge in [-0.2, -0.15) is 0 Å². The zero-order valence-corrected chi connectivity index (χ0v) is 21.5. The first kappa shape index (κ1) is 22.9. The third-order valence-corrected chi connectivity index (χ3v) is 12.5. The standard InChI is InChI=1S/C29H46O3/c1-18(30)29-14-7-8-22(29)20-9-10-24-27(5,21(20)11-17-29)15-12-23-26(3,4)25(32-19(2)31)13-16-28(23,24)6/h20-25H,7-17H2,1-6H3. The molecule has 0 spiro atoms. The first-order chi connectivity index (χ1) is 15.0. The molecule has 3 nitrogen and oxygen atoms in total. The topological polar surface area (TPSA) is 43.4 Å². The van der Waals surface area contributed by atoms with Crippen molar-refractivity contribution < 1.29 is 14.3 Å². The summed E-state index contributed by atoms with van der Waals surface area (Å²) >= 11 is 0. The summed E-state index contributed by atoms with van der Waals surface area (Å²) in [6, 6.07) is 0. The molecule has 0 radical (unpaired) electrons. The van der Waals surface area contributed by atoms with E-state index >= 15 is 0 Å². The Morgan fingerprint density at radius 1 is 0.719 bits per heavy atom. The second-order valence-electron chi connectivity index (χ2n) is 13.7. The molecule has 0 heterocycles. The van der Waals surface area contributed by atoms with Crippen molar-refractivity contribution in [1.29, 1.82) is 0 Å². The highest BCUT2D eigenvalue weighted by molar-refractivity contribution is 5.83. The van der Waals surface area contributed by atoms with Crippen LogP contribution in [0.25, 0.3) is 0 Å². The summed E-state index contributed by atoms with van der Waals surface area (Å²) in [6.07, 6.45) is 13.6. The van der Waals surface area contributed by atoms with Crippen molar-refractivity contribution in [3.63, 3.8) is 0 Å². The number of hydrogen-bond acceptors (Lipinski definition) is 3. The van der Waals surface area contributed by atoms with Crippen LogP contribution in [0, 0.1) is 51.2 Å². The molecular weight excluding hydrogens is 396 g/mol. The summed E-state index contributed by atoms with van der Waals surface area (Å²) in [7, 11) is 0. The van der Waals surface area contributed by atoms with Gasteiger partial charge in [0.05, 0.1) is 0 Å². The SMILES string of the molecule is CC(=O)OC1CCC2(C)C(CCC3(C)C4CCC5(C(C)=O)CCCC5C4CCC32)C1(C)C. The van der Waals surface area contributed by atoms with Crippen molar-refractivity contribution in [2.45, 2.75) is 118 Å². The van der Waals surface area contributed by atoms with Gasteiger partial charge in [-0.1, -0.05) is 34.1 Å². The molecule has 0 aliphatic heterocycles. The van der Waals surface area contributed by atoms with Gasteiger partial charge < -0.3 is 4.74 Å². The van der Waals surface area contributed by atoms with Crippen LogP contribution in [0.1, 0.15) is 112 Å². The monoisotopic (exact) mass is 442 g/mol. The predicted octanol–water partition coefficient (Wildman–Crippen LogP) is 6.97. The van der Waals surface area contributed by atoms with Gasteiger partial charge in [0.2, 0.25) is 0 Å². The fourth-order valence-corrected chi connectivity index (χ4v) is 11.2. The number of hydrogen-bond donors (Lipinski definition) is 0. The summed E-state index contributed by atoms with van der Waals surface area (Å²) in [5.74, 6) is 3.96. The maximum atomic E-state index is 12.8. The number of ether oxygens (including phenoxy) is 1. The summed E-state index contributed by atoms with van der Waals surface area (Å²) in [5, 5.41) is 0. The lowest BCUT2D eigenvalue weighted by Crippen LogP contribution is -2.63. The van der Waals surface area contributed by atoms with Gasteiger partial charge in [0.25, 0.3) is 0 Å². The van der Waals surface area contributed by atoms with E-state index in [-0.39, 0.29) is 22.9 Å². The van der Waals surface area contributed by atoms with E-state index in [4.69, 9.17) is 4.74 Å². The second kappa shape index (κ2) is 7.32. The van der Waals surface area contributed by atoms with E-state index in [0.717, 1.165) is 37.0 Å². The molecule has 3 heteroatoms. The molecule has 0 amide bonds. The molecule has 0 saturated heterocycles. The highest BCUT2D eigenvalue weighted by Gasteiger charge is 2.67. The molecule has 0 bridgehead atoms. The minimum atomic E-state index is -0.124. The Bertz CT molecular complexity index is 800. The lowest BCUT2D eigenvalue weighted by Gasteiger charge is -2.69. The van der Waals surface area contributed by atoms with Crippen molar-refractivity contribution in [3.8, 4) is 0 Å². The number of esters is 1. The molecular formula is C29H46O3. The van der Waals surface area contributed by atoms with Crippen molar-refractivity contribution in [2.24, 2.45) is 51.2 Å². The quantitative estimate of drug-likeness (QED) is 0.434. The van der Waals surface area contributed by atoms with E-state index in [1.165, 1.54) is 51.4 Å². The molecule has 9 unspecified atom stereocenters. The van der Waals surface area contributed by atoms with Crippen molar-refractivity contribution in [2.75, 3.05) is 0 Å². The summed E-state index contributed by atoms with van der Waals surface area (Å²) < 4.78 is 5.86. The van der Waals surface area contributed by atoms with Crippen LogP contribution in [0.2, 0.25) is 0 Å². The molecule has 180 valence electrons. The zero-order chi connectivity index (χ0) is 23.1. The van der Waals surface area contributed by atoms with Crippen molar-refractivity contribution in [1.82, 2.24) is 0 Å². The summed E-state index contributed by atoms with van der Waals surface area (Å²) in [4.78, 5) is 24.6. The average molecular weight is 443 g/mol. The van der Waals surface area contributed by atoms with Crippen molar-refractivity contribution >= 4 is 11.8 Å². The van der Waals surface area contributed by atoms with Gasteiger partial charge in [0.1, 0.15) is 11.9 Å². The summed E-state index contributed by atoms with van der Waals surface area (Å²) in [5.41, 5.74) is 0.807. The van der Waals surface area contributed by atoms with E-state index in [2.05, 4.69) is 27.7 Å². The highest BCUT2D eigenvalue weighted by atomic mass is 16.5. The molecule has 9 atom stereocenters. The first-order valence-corrected chi connectivity index (χ1v) is 13.6. The van der Waals surface area contributed by atoms with Gasteiger partial charge in [-0.3, -0.25) is 9.59 Å². The predicted molar refractivity (Wildman–Crippen MR) is 127 cm³/mol. The van der Waals surface area contributed by atoms with E-state index in [1.807, 2.05) is 6.92 Å². The normalized spacial score (nSPS) is 51.6. The van der Waals surface area contributed by atoms with Crippen LogP contribution in [0.3, 0.4) is 0 Å². The number of rotatable bonds is 2. The third kappa shape index (κ3) is 2.90. The fourth-order valence-electron chi connectivity index (χ4n) is 11.2. The maximum Gasteiger partial charge on any atom is 0.302 e. The van der Waals surface area contributed by atoms with Gasteiger partial charge >= 0.3 is 5.97 Å². The van der Waals surface area contributed by atoms with Gasteiger partial charge in [0, 0.05) is 17.8 Å². The molecule has 5 saturated carbocycles. The Morgan fingerprint density at radius 3 is 2.12 bits per heavy atom. The van der Waals surface area contributed by atoms with Gasteiger partial charge in [0.15, 0.2) is 0 Å². The first-order valence-electron chi connectivity index (χ1n) is 13.6. The van der Waals surface area contributed by atoms with E-state index in [1.54, 1.807) is 6.92 Å². The summed E-state index contributed by atoms with van der Waals surface area (Å²) in [6.45, 7) is 13.5. The molecule has 5 fully saturated rings. The van der Waals surface area contributed by atoms with Crippen molar-refractivity contribution in [3.05, 3.63) is 0 Å². The molecule has 5 aliphatic carbocycles. The molecule has 0 N–H and O–H groups in total. The smallest absolute Gasteiger partial charge is 0.302 e. The molecule has 5 rings (SSSR count). The zero-order valence-electron chi connectivity index (χ0n) is 21.5. The Balaban J connectivity index is 1.44. The Labute approximate surface area is 195 Å². The molecule has 0 aromatic heterocycles. The number of carbonyl (C=O) groups is 2. The molecule has 32 heavy (non-hydrogen) atoms. The van der Waals surface area contributed by atoms with Gasteiger partial charge in [-0.05, 0) is 112 Å². The number of Topliss-reactive ketones (excluding diaryl/α,β-unsaturated/α-hetero) is 1. The Morgan fingerprint density at radius 2 is 1.44 bits per heavy atom. The van der Waals surface area contributed by atoms with E-state index < -0.39 is 0 Å². The molecule has 5 aliphatic rings. The van der Waals surface area contributed by atoms with Crippen LogP contribution in [0.15, 0.2) is 0 Å². The van der Waals surface area contributed by atoms with Gasteiger partial charge in [-0.15, -0.1) is 0 Å². The lowest BCUT2D eigenvalue weighted by molar-refractivity contribution is -0.220. The largest absolute Gasteiger partial charge is 0.462 e. The minimum Gasteiger partial charge on any atom is -0.462 e. The Hall–Kier alpha value is -0.860. The van der Waals surface area contributed by atoms with E-state index in [0.29, 0.717) is 28.4 Å². The Kier molecular flexibility index (Phi) is 5.24. The van der Waals surface area contributed by atoms with Crippen LogP contribution in [-0.2, 0) is 14.3 Å². The third-order valence-electron chi connectivity index (χ3n) is 12.5. The second-order valence-corrected chi connectivity index (χ2v) is 13.7.